The average Bonchev–Trinajstić information content (AvgIpc) is 3.69. The Morgan fingerprint density at radius 3 is 1.78 bits per heavy atom. The summed E-state index contributed by atoms with van der Waals surface area (Å²) in [6.45, 7) is 23.6. The summed E-state index contributed by atoms with van der Waals surface area (Å²) in [6, 6.07) is 9.92. The molecule has 4 aromatic rings. The molecule has 244 valence electrons. The van der Waals surface area contributed by atoms with Crippen molar-refractivity contribution in [1.82, 2.24) is 9.97 Å². The summed E-state index contributed by atoms with van der Waals surface area (Å²) in [7, 11) is 0. The van der Waals surface area contributed by atoms with Crippen LogP contribution < -0.4 is 0 Å². The van der Waals surface area contributed by atoms with E-state index in [4.69, 9.17) is 9.97 Å². The molecule has 1 aliphatic rings. The highest BCUT2D eigenvalue weighted by Crippen LogP contribution is 2.62. The first-order valence-electron chi connectivity index (χ1n) is 17.9. The Morgan fingerprint density at radius 2 is 1.24 bits per heavy atom. The summed E-state index contributed by atoms with van der Waals surface area (Å²) in [5, 5.41) is 0. The summed E-state index contributed by atoms with van der Waals surface area (Å²) in [5.74, 6) is 1.48. The van der Waals surface area contributed by atoms with E-state index >= 15 is 0 Å². The lowest BCUT2D eigenvalue weighted by molar-refractivity contribution is 0.266. The van der Waals surface area contributed by atoms with Gasteiger partial charge in [0, 0.05) is 42.9 Å². The van der Waals surface area contributed by atoms with Gasteiger partial charge in [0.2, 0.25) is 0 Å². The number of rotatable bonds is 13. The topological polar surface area (TPSA) is 25.8 Å². The zero-order valence-corrected chi connectivity index (χ0v) is 31.5. The highest BCUT2D eigenvalue weighted by molar-refractivity contribution is 7.24. The Labute approximate surface area is 282 Å². The molecule has 0 amide bonds. The number of thiophene rings is 2. The molecule has 0 saturated heterocycles. The first-order chi connectivity index (χ1) is 21.4. The molecule has 1 aliphatic carbocycles. The van der Waals surface area contributed by atoms with Crippen LogP contribution in [0, 0.1) is 11.8 Å². The zero-order chi connectivity index (χ0) is 32.6. The van der Waals surface area contributed by atoms with E-state index in [1.165, 1.54) is 90.0 Å². The maximum atomic E-state index is 4.97. The van der Waals surface area contributed by atoms with E-state index in [-0.39, 0.29) is 16.2 Å². The van der Waals surface area contributed by atoms with Crippen molar-refractivity contribution < 1.29 is 0 Å². The van der Waals surface area contributed by atoms with Gasteiger partial charge in [-0.1, -0.05) is 133 Å². The van der Waals surface area contributed by atoms with Crippen molar-refractivity contribution in [2.24, 2.45) is 11.8 Å². The van der Waals surface area contributed by atoms with Crippen LogP contribution in [-0.2, 0) is 16.2 Å². The lowest BCUT2D eigenvalue weighted by atomic mass is 9.65. The Bertz CT molecular complexity index is 1570. The van der Waals surface area contributed by atoms with E-state index in [0.29, 0.717) is 0 Å². The largest absolute Gasteiger partial charge is 0.253 e. The predicted octanol–water partition coefficient (Wildman–Crippen LogP) is 13.5. The van der Waals surface area contributed by atoms with Crippen LogP contribution in [0.3, 0.4) is 0 Å². The van der Waals surface area contributed by atoms with Crippen LogP contribution in [0.15, 0.2) is 36.7 Å². The summed E-state index contributed by atoms with van der Waals surface area (Å²) in [6.07, 6.45) is 16.7. The van der Waals surface area contributed by atoms with Crippen molar-refractivity contribution in [3.8, 4) is 20.2 Å². The highest BCUT2D eigenvalue weighted by Gasteiger charge is 2.48. The van der Waals surface area contributed by atoms with Gasteiger partial charge in [-0.05, 0) is 64.3 Å². The monoisotopic (exact) mass is 642 g/mol. The van der Waals surface area contributed by atoms with Gasteiger partial charge in [-0.2, -0.15) is 0 Å². The molecule has 5 rings (SSSR count). The first-order valence-corrected chi connectivity index (χ1v) is 19.5. The molecule has 0 spiro atoms. The summed E-state index contributed by atoms with van der Waals surface area (Å²) >= 11 is 4.10. The maximum absolute atomic E-state index is 4.97. The number of nitrogens with zero attached hydrogens (tertiary/aromatic N) is 2. The van der Waals surface area contributed by atoms with Crippen LogP contribution in [0.5, 0.6) is 0 Å². The second-order valence-electron chi connectivity index (χ2n) is 15.9. The Balaban J connectivity index is 1.75. The van der Waals surface area contributed by atoms with Gasteiger partial charge in [0.25, 0.3) is 0 Å². The van der Waals surface area contributed by atoms with Crippen LogP contribution in [0.25, 0.3) is 31.2 Å². The third kappa shape index (κ3) is 6.71. The van der Waals surface area contributed by atoms with Crippen molar-refractivity contribution in [1.29, 1.82) is 0 Å². The van der Waals surface area contributed by atoms with Crippen molar-refractivity contribution in [2.45, 2.75) is 150 Å². The van der Waals surface area contributed by atoms with Gasteiger partial charge in [-0.3, -0.25) is 9.97 Å². The number of hydrogen-bond donors (Lipinski definition) is 0. The third-order valence-corrected chi connectivity index (χ3v) is 13.4. The molecule has 0 N–H and O–H groups in total. The van der Waals surface area contributed by atoms with E-state index in [0.717, 1.165) is 22.9 Å². The van der Waals surface area contributed by atoms with Crippen LogP contribution in [0.1, 0.15) is 155 Å². The Hall–Kier alpha value is -2.04. The molecule has 1 aromatic carbocycles. The molecule has 2 atom stereocenters. The molecule has 3 heterocycles. The van der Waals surface area contributed by atoms with E-state index in [1.54, 1.807) is 16.0 Å². The van der Waals surface area contributed by atoms with Crippen LogP contribution in [0.4, 0.5) is 0 Å². The third-order valence-electron chi connectivity index (χ3n) is 10.5. The molecule has 0 aliphatic heterocycles. The normalized spacial score (nSPS) is 17.9. The van der Waals surface area contributed by atoms with Gasteiger partial charge >= 0.3 is 0 Å². The second-order valence-corrected chi connectivity index (χ2v) is 18.0. The number of fused-ring (bicyclic) bond motifs is 4. The molecule has 45 heavy (non-hydrogen) atoms. The fourth-order valence-corrected chi connectivity index (χ4v) is 10.5. The number of unbranched alkanes of at least 4 members (excludes halogenated alkanes) is 2. The molecular formula is C41H58N2S2. The zero-order valence-electron chi connectivity index (χ0n) is 29.9. The van der Waals surface area contributed by atoms with Crippen LogP contribution in [0.2, 0.25) is 0 Å². The van der Waals surface area contributed by atoms with Gasteiger partial charge < -0.3 is 0 Å². The van der Waals surface area contributed by atoms with Crippen molar-refractivity contribution >= 4 is 33.7 Å². The minimum Gasteiger partial charge on any atom is -0.253 e. The van der Waals surface area contributed by atoms with E-state index in [9.17, 15) is 0 Å². The molecule has 2 nitrogen and oxygen atoms in total. The van der Waals surface area contributed by atoms with Gasteiger partial charge in [0.15, 0.2) is 0 Å². The summed E-state index contributed by atoms with van der Waals surface area (Å²) < 4.78 is 0. The van der Waals surface area contributed by atoms with Crippen molar-refractivity contribution in [2.75, 3.05) is 0 Å². The molecule has 0 bridgehead atoms. The molecule has 4 heteroatoms. The first kappa shape index (κ1) is 34.3. The van der Waals surface area contributed by atoms with E-state index in [1.807, 2.05) is 23.7 Å². The summed E-state index contributed by atoms with van der Waals surface area (Å²) in [5.41, 5.74) is 8.11. The minimum absolute atomic E-state index is 0.00963. The fourth-order valence-electron chi connectivity index (χ4n) is 7.73. The minimum atomic E-state index is 0.00963. The lowest BCUT2D eigenvalue weighted by Crippen LogP contribution is -2.31. The van der Waals surface area contributed by atoms with Gasteiger partial charge in [0.1, 0.15) is 0 Å². The average molecular weight is 643 g/mol. The van der Waals surface area contributed by atoms with Crippen LogP contribution in [-0.4, -0.2) is 9.97 Å². The van der Waals surface area contributed by atoms with Crippen molar-refractivity contribution in [3.05, 3.63) is 58.2 Å². The molecule has 0 saturated carbocycles. The van der Waals surface area contributed by atoms with Gasteiger partial charge in [-0.25, -0.2) is 0 Å². The molecule has 0 radical (unpaired) electrons. The number of aromatic nitrogens is 2. The maximum Gasteiger partial charge on any atom is 0.0976 e. The lowest BCUT2D eigenvalue weighted by Gasteiger charge is -2.38. The van der Waals surface area contributed by atoms with Gasteiger partial charge in [-0.15, -0.1) is 22.7 Å². The Kier molecular flexibility index (Phi) is 10.4. The quantitative estimate of drug-likeness (QED) is 0.145. The standard InChI is InChI=1S/C41H58N2S2/c1-11-15-17-27(13-3)25-41(26-28(14-4)18-16-12-2)31-23-33(44-37(31)38-32(41)24-34(45-38)40(8,9)10)29-19-20-30(39(5,6)7)36-35(29)42-21-22-43-36/h19-24,27-28H,11-18,25-26H2,1-10H3. The van der Waals surface area contributed by atoms with E-state index < -0.39 is 0 Å². The SMILES string of the molecule is CCCCC(CC)CC1(CC(CC)CCCC)c2cc(-c3ccc(C(C)(C)C)c4nccnc34)sc2-c2sc(C(C)(C)C)cc21. The molecule has 0 fully saturated rings. The summed E-state index contributed by atoms with van der Waals surface area (Å²) in [4.78, 5) is 15.8. The number of benzene rings is 1. The Morgan fingerprint density at radius 1 is 0.689 bits per heavy atom. The predicted molar refractivity (Wildman–Crippen MR) is 200 cm³/mol. The smallest absolute Gasteiger partial charge is 0.0976 e. The van der Waals surface area contributed by atoms with Crippen LogP contribution >= 0.6 is 22.7 Å². The van der Waals surface area contributed by atoms with Crippen molar-refractivity contribution in [3.63, 3.8) is 0 Å². The molecule has 2 unspecified atom stereocenters. The highest BCUT2D eigenvalue weighted by atomic mass is 32.1. The fraction of sp³-hybridized carbons (Fsp3) is 0.610. The van der Waals surface area contributed by atoms with E-state index in [2.05, 4.69) is 105 Å². The molecule has 3 aromatic heterocycles. The second kappa shape index (κ2) is 13.6. The molecular weight excluding hydrogens is 585 g/mol. The number of hydrogen-bond acceptors (Lipinski definition) is 4. The van der Waals surface area contributed by atoms with Gasteiger partial charge in [0.05, 0.1) is 11.0 Å².